The first-order chi connectivity index (χ1) is 9.43. The lowest BCUT2D eigenvalue weighted by molar-refractivity contribution is -0.390. The average Bonchev–Trinajstić information content (AvgIpc) is 2.57. The molecule has 2 N–H and O–H groups in total. The number of hydrogen-bond donors (Lipinski definition) is 1. The van der Waals surface area contributed by atoms with Crippen molar-refractivity contribution in [1.29, 1.82) is 0 Å². The van der Waals surface area contributed by atoms with Crippen molar-refractivity contribution in [3.05, 3.63) is 15.9 Å². The molecule has 1 aromatic rings. The summed E-state index contributed by atoms with van der Waals surface area (Å²) >= 11 is 0. The minimum Gasteiger partial charge on any atom is -0.471 e. The van der Waals surface area contributed by atoms with Gasteiger partial charge in [0.1, 0.15) is 6.61 Å². The van der Waals surface area contributed by atoms with E-state index in [9.17, 15) is 10.1 Å². The Kier molecular flexibility index (Phi) is 4.27. The first-order valence-electron chi connectivity index (χ1n) is 7.02. The Balaban J connectivity index is 2.12. The lowest BCUT2D eigenvalue weighted by Gasteiger charge is -2.27. The molecule has 0 saturated heterocycles. The summed E-state index contributed by atoms with van der Waals surface area (Å²) in [4.78, 5) is 14.4. The second-order valence-electron chi connectivity index (χ2n) is 5.67. The molecule has 112 valence electrons. The zero-order valence-corrected chi connectivity index (χ0v) is 12.1. The van der Waals surface area contributed by atoms with E-state index in [2.05, 4.69) is 4.98 Å². The Labute approximate surface area is 118 Å². The van der Waals surface area contributed by atoms with Crippen LogP contribution >= 0.6 is 0 Å². The number of ether oxygens (including phenoxy) is 1. The van der Waals surface area contributed by atoms with Crippen LogP contribution in [0.25, 0.3) is 0 Å². The minimum atomic E-state index is -0.515. The summed E-state index contributed by atoms with van der Waals surface area (Å²) in [5, 5.41) is 11.0. The van der Waals surface area contributed by atoms with Gasteiger partial charge in [-0.3, -0.25) is 4.57 Å². The summed E-state index contributed by atoms with van der Waals surface area (Å²) in [6.07, 6.45) is 6.38. The zero-order valence-electron chi connectivity index (χ0n) is 12.1. The first-order valence-corrected chi connectivity index (χ1v) is 7.02. The van der Waals surface area contributed by atoms with Crippen LogP contribution < -0.4 is 10.5 Å². The van der Waals surface area contributed by atoms with E-state index in [0.717, 1.165) is 25.7 Å². The normalized spacial score (nSPS) is 18.6. The highest BCUT2D eigenvalue weighted by atomic mass is 16.6. The van der Waals surface area contributed by atoms with Crippen LogP contribution in [-0.2, 0) is 7.05 Å². The third-order valence-electron chi connectivity index (χ3n) is 4.02. The van der Waals surface area contributed by atoms with Gasteiger partial charge in [-0.1, -0.05) is 25.7 Å². The van der Waals surface area contributed by atoms with Crippen molar-refractivity contribution in [2.45, 2.75) is 51.0 Å². The molecular weight excluding hydrogens is 260 g/mol. The standard InChI is InChI=1S/C13H22N4O3/c1-10-15-11(17(18)19)12(16(10)2)20-9-13(14)7-5-3-4-6-8-13/h3-9,14H2,1-2H3. The van der Waals surface area contributed by atoms with Gasteiger partial charge in [0.15, 0.2) is 0 Å². The third-order valence-corrected chi connectivity index (χ3v) is 4.02. The summed E-state index contributed by atoms with van der Waals surface area (Å²) in [7, 11) is 1.71. The Morgan fingerprint density at radius 1 is 1.40 bits per heavy atom. The lowest BCUT2D eigenvalue weighted by Crippen LogP contribution is -2.45. The van der Waals surface area contributed by atoms with Crippen molar-refractivity contribution >= 4 is 5.82 Å². The second-order valence-corrected chi connectivity index (χ2v) is 5.67. The third kappa shape index (κ3) is 3.09. The van der Waals surface area contributed by atoms with Crippen LogP contribution in [0.3, 0.4) is 0 Å². The number of aryl methyl sites for hydroxylation is 1. The molecule has 1 aromatic heterocycles. The molecule has 1 aliphatic rings. The molecule has 0 aliphatic heterocycles. The van der Waals surface area contributed by atoms with Crippen molar-refractivity contribution in [3.63, 3.8) is 0 Å². The van der Waals surface area contributed by atoms with Gasteiger partial charge < -0.3 is 20.6 Å². The molecule has 2 rings (SSSR count). The summed E-state index contributed by atoms with van der Waals surface area (Å²) in [6, 6.07) is 0. The Bertz CT molecular complexity index is 490. The molecule has 7 nitrogen and oxygen atoms in total. The summed E-state index contributed by atoms with van der Waals surface area (Å²) in [5.74, 6) is 0.516. The van der Waals surface area contributed by atoms with Crippen LogP contribution in [0.4, 0.5) is 5.82 Å². The van der Waals surface area contributed by atoms with E-state index < -0.39 is 4.92 Å². The predicted octanol–water partition coefficient (Wildman–Crippen LogP) is 2.07. The number of nitrogens with two attached hydrogens (primary N) is 1. The van der Waals surface area contributed by atoms with E-state index in [1.165, 1.54) is 12.8 Å². The molecule has 1 saturated carbocycles. The summed E-state index contributed by atoms with van der Waals surface area (Å²) in [6.45, 7) is 2.01. The lowest BCUT2D eigenvalue weighted by atomic mass is 9.93. The zero-order chi connectivity index (χ0) is 14.8. The number of aromatic nitrogens is 2. The van der Waals surface area contributed by atoms with Crippen molar-refractivity contribution in [1.82, 2.24) is 9.55 Å². The van der Waals surface area contributed by atoms with Crippen LogP contribution in [0.15, 0.2) is 0 Å². The van der Waals surface area contributed by atoms with E-state index >= 15 is 0 Å². The second kappa shape index (κ2) is 5.78. The largest absolute Gasteiger partial charge is 0.471 e. The molecule has 0 bridgehead atoms. The Morgan fingerprint density at radius 2 is 2.00 bits per heavy atom. The quantitative estimate of drug-likeness (QED) is 0.518. The van der Waals surface area contributed by atoms with E-state index in [-0.39, 0.29) is 17.2 Å². The fraction of sp³-hybridized carbons (Fsp3) is 0.769. The SMILES string of the molecule is Cc1nc([N+](=O)[O-])c(OCC2(N)CCCCCC2)n1C. The molecule has 0 unspecified atom stereocenters. The van der Waals surface area contributed by atoms with Crippen LogP contribution in [0, 0.1) is 17.0 Å². The highest BCUT2D eigenvalue weighted by Gasteiger charge is 2.31. The molecule has 0 spiro atoms. The Morgan fingerprint density at radius 3 is 2.55 bits per heavy atom. The summed E-state index contributed by atoms with van der Waals surface area (Å²) in [5.41, 5.74) is 5.98. The van der Waals surface area contributed by atoms with Gasteiger partial charge in [0, 0.05) is 14.0 Å². The van der Waals surface area contributed by atoms with Crippen molar-refractivity contribution in [3.8, 4) is 5.88 Å². The highest BCUT2D eigenvalue weighted by molar-refractivity contribution is 5.36. The van der Waals surface area contributed by atoms with E-state index in [4.69, 9.17) is 10.5 Å². The predicted molar refractivity (Wildman–Crippen MR) is 74.7 cm³/mol. The van der Waals surface area contributed by atoms with Crippen LogP contribution in [0.1, 0.15) is 44.3 Å². The topological polar surface area (TPSA) is 96.2 Å². The highest BCUT2D eigenvalue weighted by Crippen LogP contribution is 2.30. The minimum absolute atomic E-state index is 0.196. The van der Waals surface area contributed by atoms with E-state index in [0.29, 0.717) is 12.4 Å². The molecule has 1 fully saturated rings. The van der Waals surface area contributed by atoms with Crippen LogP contribution in [-0.4, -0.2) is 26.6 Å². The van der Waals surface area contributed by atoms with E-state index in [1.807, 2.05) is 0 Å². The monoisotopic (exact) mass is 282 g/mol. The van der Waals surface area contributed by atoms with Gasteiger partial charge in [0.25, 0.3) is 5.88 Å². The number of rotatable bonds is 4. The average molecular weight is 282 g/mol. The molecular formula is C13H22N4O3. The molecule has 0 atom stereocenters. The molecule has 0 aromatic carbocycles. The first kappa shape index (κ1) is 14.8. The maximum Gasteiger partial charge on any atom is 0.426 e. The number of hydrogen-bond acceptors (Lipinski definition) is 5. The van der Waals surface area contributed by atoms with Gasteiger partial charge in [-0.05, 0) is 22.7 Å². The van der Waals surface area contributed by atoms with Crippen molar-refractivity contribution < 1.29 is 9.66 Å². The van der Waals surface area contributed by atoms with Crippen LogP contribution in [0.2, 0.25) is 0 Å². The van der Waals surface area contributed by atoms with Gasteiger partial charge in [-0.15, -0.1) is 0 Å². The number of nitro groups is 1. The van der Waals surface area contributed by atoms with Crippen LogP contribution in [0.5, 0.6) is 5.88 Å². The van der Waals surface area contributed by atoms with Gasteiger partial charge in [-0.2, -0.15) is 0 Å². The molecule has 7 heteroatoms. The van der Waals surface area contributed by atoms with Gasteiger partial charge in [-0.25, -0.2) is 0 Å². The molecule has 1 aliphatic carbocycles. The van der Waals surface area contributed by atoms with Gasteiger partial charge >= 0.3 is 5.82 Å². The van der Waals surface area contributed by atoms with Crippen molar-refractivity contribution in [2.75, 3.05) is 6.61 Å². The number of nitrogens with zero attached hydrogens (tertiary/aromatic N) is 3. The fourth-order valence-electron chi connectivity index (χ4n) is 2.64. The smallest absolute Gasteiger partial charge is 0.426 e. The van der Waals surface area contributed by atoms with Crippen molar-refractivity contribution in [2.24, 2.45) is 12.8 Å². The molecule has 1 heterocycles. The van der Waals surface area contributed by atoms with Gasteiger partial charge in [0.2, 0.25) is 5.82 Å². The molecule has 20 heavy (non-hydrogen) atoms. The molecule has 0 radical (unpaired) electrons. The molecule has 0 amide bonds. The van der Waals surface area contributed by atoms with Gasteiger partial charge in [0.05, 0.1) is 5.54 Å². The summed E-state index contributed by atoms with van der Waals surface area (Å²) < 4.78 is 7.28. The maximum absolute atomic E-state index is 11.0. The maximum atomic E-state index is 11.0. The number of imidazole rings is 1. The fourth-order valence-corrected chi connectivity index (χ4v) is 2.64. The van der Waals surface area contributed by atoms with E-state index in [1.54, 1.807) is 18.5 Å². The Hall–Kier alpha value is -1.63.